The minimum absolute atomic E-state index is 0.675. The molecule has 0 amide bonds. The van der Waals surface area contributed by atoms with Crippen molar-refractivity contribution in [3.05, 3.63) is 39.8 Å². The molecule has 0 atom stereocenters. The Hall–Kier alpha value is -2.28. The molecule has 0 aliphatic rings. The Labute approximate surface area is 147 Å². The van der Waals surface area contributed by atoms with Crippen molar-refractivity contribution in [1.29, 1.82) is 0 Å². The molecule has 6 nitrogen and oxygen atoms in total. The van der Waals surface area contributed by atoms with E-state index in [-0.39, 0.29) is 0 Å². The van der Waals surface area contributed by atoms with Crippen LogP contribution in [0.3, 0.4) is 0 Å². The molecule has 1 heterocycles. The first-order chi connectivity index (χ1) is 11.6. The van der Waals surface area contributed by atoms with Crippen LogP contribution >= 0.6 is 11.3 Å². The molecule has 2 aromatic rings. The maximum Gasteiger partial charge on any atom is 0.193 e. The van der Waals surface area contributed by atoms with Crippen LogP contribution in [0, 0.1) is 6.92 Å². The lowest BCUT2D eigenvalue weighted by Gasteiger charge is -2.23. The van der Waals surface area contributed by atoms with Gasteiger partial charge in [-0.05, 0) is 19.1 Å². The van der Waals surface area contributed by atoms with E-state index in [0.717, 1.165) is 28.7 Å². The quantitative estimate of drug-likeness (QED) is 0.642. The molecule has 0 spiro atoms. The molecule has 0 radical (unpaired) electrons. The predicted octanol–water partition coefficient (Wildman–Crippen LogP) is 2.68. The van der Waals surface area contributed by atoms with Crippen molar-refractivity contribution in [3.8, 4) is 11.5 Å². The number of ether oxygens (including phenoxy) is 2. The van der Waals surface area contributed by atoms with Crippen LogP contribution in [0.2, 0.25) is 0 Å². The van der Waals surface area contributed by atoms with Gasteiger partial charge in [-0.3, -0.25) is 4.99 Å². The predicted molar refractivity (Wildman–Crippen MR) is 98.1 cm³/mol. The lowest BCUT2D eigenvalue weighted by molar-refractivity contribution is 0.382. The monoisotopic (exact) mass is 348 g/mol. The average molecular weight is 348 g/mol. The molecular formula is C17H24N4O2S. The van der Waals surface area contributed by atoms with Crippen molar-refractivity contribution >= 4 is 17.3 Å². The fourth-order valence-corrected chi connectivity index (χ4v) is 3.07. The number of hydrogen-bond donors (Lipinski definition) is 1. The molecule has 130 valence electrons. The number of hydrogen-bond acceptors (Lipinski definition) is 5. The molecule has 7 heteroatoms. The Bertz CT molecular complexity index is 700. The molecule has 0 aliphatic carbocycles. The van der Waals surface area contributed by atoms with E-state index < -0.39 is 0 Å². The zero-order valence-corrected chi connectivity index (χ0v) is 15.6. The molecule has 0 bridgehead atoms. The Morgan fingerprint density at radius 2 is 2.12 bits per heavy atom. The second-order valence-electron chi connectivity index (χ2n) is 5.30. The summed E-state index contributed by atoms with van der Waals surface area (Å²) in [6.07, 6.45) is 0. The second-order valence-corrected chi connectivity index (χ2v) is 6.23. The molecule has 1 aromatic heterocycles. The van der Waals surface area contributed by atoms with E-state index in [0.29, 0.717) is 13.1 Å². The minimum Gasteiger partial charge on any atom is -0.497 e. The lowest BCUT2D eigenvalue weighted by atomic mass is 10.2. The highest BCUT2D eigenvalue weighted by Gasteiger charge is 2.12. The zero-order valence-electron chi connectivity index (χ0n) is 14.8. The molecule has 0 aliphatic heterocycles. The van der Waals surface area contributed by atoms with Gasteiger partial charge in [0.05, 0.1) is 32.0 Å². The normalized spacial score (nSPS) is 11.3. The topological polar surface area (TPSA) is 59.0 Å². The molecule has 1 aromatic carbocycles. The highest BCUT2D eigenvalue weighted by Crippen LogP contribution is 2.25. The first kappa shape index (κ1) is 18.1. The summed E-state index contributed by atoms with van der Waals surface area (Å²) in [6.45, 7) is 3.41. The van der Waals surface area contributed by atoms with Gasteiger partial charge in [0, 0.05) is 37.1 Å². The molecule has 0 saturated heterocycles. The minimum atomic E-state index is 0.675. The number of rotatable bonds is 6. The van der Waals surface area contributed by atoms with Gasteiger partial charge in [0.15, 0.2) is 5.96 Å². The third kappa shape index (κ3) is 4.38. The first-order valence-corrected chi connectivity index (χ1v) is 8.48. The summed E-state index contributed by atoms with van der Waals surface area (Å²) in [5, 5.41) is 3.37. The van der Waals surface area contributed by atoms with Crippen molar-refractivity contribution in [2.75, 3.05) is 28.3 Å². The molecule has 24 heavy (non-hydrogen) atoms. The number of aromatic nitrogens is 1. The van der Waals surface area contributed by atoms with E-state index in [9.17, 15) is 0 Å². The van der Waals surface area contributed by atoms with Crippen molar-refractivity contribution in [1.82, 2.24) is 15.2 Å². The van der Waals surface area contributed by atoms with Crippen LogP contribution in [-0.2, 0) is 13.1 Å². The van der Waals surface area contributed by atoms with Gasteiger partial charge in [0.1, 0.15) is 11.5 Å². The number of methoxy groups -OCH3 is 2. The van der Waals surface area contributed by atoms with Gasteiger partial charge in [-0.25, -0.2) is 4.98 Å². The Morgan fingerprint density at radius 3 is 2.71 bits per heavy atom. The van der Waals surface area contributed by atoms with Gasteiger partial charge >= 0.3 is 0 Å². The average Bonchev–Trinajstić information content (AvgIpc) is 3.01. The van der Waals surface area contributed by atoms with E-state index >= 15 is 0 Å². The summed E-state index contributed by atoms with van der Waals surface area (Å²) in [4.78, 5) is 11.9. The number of aliphatic imine (C=N–C) groups is 1. The molecule has 2 rings (SSSR count). The summed E-state index contributed by atoms with van der Waals surface area (Å²) in [7, 11) is 7.09. The molecule has 0 unspecified atom stereocenters. The largest absolute Gasteiger partial charge is 0.497 e. The Balaban J connectivity index is 2.04. The van der Waals surface area contributed by atoms with E-state index in [1.165, 1.54) is 4.88 Å². The summed E-state index contributed by atoms with van der Waals surface area (Å²) in [5.41, 5.74) is 3.99. The number of nitrogens with one attached hydrogen (secondary N) is 1. The second kappa shape index (κ2) is 8.54. The number of aryl methyl sites for hydroxylation is 1. The van der Waals surface area contributed by atoms with Crippen molar-refractivity contribution < 1.29 is 9.47 Å². The molecule has 0 saturated carbocycles. The van der Waals surface area contributed by atoms with Crippen LogP contribution in [0.25, 0.3) is 0 Å². The van der Waals surface area contributed by atoms with E-state index in [2.05, 4.69) is 20.2 Å². The van der Waals surface area contributed by atoms with Crippen LogP contribution in [0.5, 0.6) is 11.5 Å². The van der Waals surface area contributed by atoms with Gasteiger partial charge in [-0.15, -0.1) is 11.3 Å². The maximum atomic E-state index is 5.46. The SMILES string of the molecule is CN=C(NCc1scnc1C)N(C)Cc1ccc(OC)cc1OC. The number of thiazole rings is 1. The van der Waals surface area contributed by atoms with Crippen LogP contribution in [0.15, 0.2) is 28.7 Å². The van der Waals surface area contributed by atoms with Crippen molar-refractivity contribution in [2.24, 2.45) is 4.99 Å². The zero-order chi connectivity index (χ0) is 17.5. The van der Waals surface area contributed by atoms with Crippen LogP contribution in [-0.4, -0.2) is 44.2 Å². The van der Waals surface area contributed by atoms with Crippen LogP contribution in [0.4, 0.5) is 0 Å². The smallest absolute Gasteiger partial charge is 0.193 e. The molecule has 1 N–H and O–H groups in total. The highest BCUT2D eigenvalue weighted by molar-refractivity contribution is 7.09. The van der Waals surface area contributed by atoms with E-state index in [1.807, 2.05) is 37.7 Å². The third-order valence-corrected chi connectivity index (χ3v) is 4.66. The maximum absolute atomic E-state index is 5.46. The fraction of sp³-hybridized carbons (Fsp3) is 0.412. The third-order valence-electron chi connectivity index (χ3n) is 3.73. The van der Waals surface area contributed by atoms with Gasteiger partial charge < -0.3 is 19.7 Å². The molecule has 0 fully saturated rings. The molecular weight excluding hydrogens is 324 g/mol. The Morgan fingerprint density at radius 1 is 1.33 bits per heavy atom. The first-order valence-electron chi connectivity index (χ1n) is 7.60. The lowest BCUT2D eigenvalue weighted by Crippen LogP contribution is -2.38. The number of benzene rings is 1. The van der Waals surface area contributed by atoms with Crippen molar-refractivity contribution in [2.45, 2.75) is 20.0 Å². The standard InChI is InChI=1S/C17H24N4O2S/c1-12-16(24-11-20-12)9-19-17(18-2)21(3)10-13-6-7-14(22-4)8-15(13)23-5/h6-8,11H,9-10H2,1-5H3,(H,18,19). The van der Waals surface area contributed by atoms with E-state index in [4.69, 9.17) is 9.47 Å². The van der Waals surface area contributed by atoms with Gasteiger partial charge in [0.2, 0.25) is 0 Å². The highest BCUT2D eigenvalue weighted by atomic mass is 32.1. The number of guanidine groups is 1. The van der Waals surface area contributed by atoms with Crippen LogP contribution in [0.1, 0.15) is 16.1 Å². The summed E-state index contributed by atoms with van der Waals surface area (Å²) < 4.78 is 10.7. The van der Waals surface area contributed by atoms with E-state index in [1.54, 1.807) is 32.6 Å². The Kier molecular flexibility index (Phi) is 6.43. The summed E-state index contributed by atoms with van der Waals surface area (Å²) in [5.74, 6) is 2.40. The van der Waals surface area contributed by atoms with Gasteiger partial charge in [0.25, 0.3) is 0 Å². The van der Waals surface area contributed by atoms with Crippen LogP contribution < -0.4 is 14.8 Å². The van der Waals surface area contributed by atoms with Crippen molar-refractivity contribution in [3.63, 3.8) is 0 Å². The summed E-state index contributed by atoms with van der Waals surface area (Å²) in [6, 6.07) is 5.83. The number of nitrogens with zero attached hydrogens (tertiary/aromatic N) is 3. The fourth-order valence-electron chi connectivity index (χ4n) is 2.35. The summed E-state index contributed by atoms with van der Waals surface area (Å²) >= 11 is 1.65. The van der Waals surface area contributed by atoms with Gasteiger partial charge in [-0.2, -0.15) is 0 Å². The van der Waals surface area contributed by atoms with Gasteiger partial charge in [-0.1, -0.05) is 0 Å².